The number of amides is 1. The predicted molar refractivity (Wildman–Crippen MR) is 82.4 cm³/mol. The minimum Gasteiger partial charge on any atom is -0.383 e. The van der Waals surface area contributed by atoms with Crippen molar-refractivity contribution in [1.29, 1.82) is 0 Å². The van der Waals surface area contributed by atoms with Gasteiger partial charge in [0.05, 0.1) is 12.2 Å². The highest BCUT2D eigenvalue weighted by Crippen LogP contribution is 2.40. The fourth-order valence-electron chi connectivity index (χ4n) is 3.67. The molecule has 0 unspecified atom stereocenters. The molecule has 0 bridgehead atoms. The van der Waals surface area contributed by atoms with Gasteiger partial charge in [-0.05, 0) is 31.5 Å². The van der Waals surface area contributed by atoms with E-state index in [1.54, 1.807) is 31.1 Å². The molecular formula is C17H23FN2O2. The fraction of sp³-hybridized carbons (Fsp3) is 0.588. The number of carbonyl (C=O) groups is 1. The normalized spacial score (nSPS) is 20.4. The summed E-state index contributed by atoms with van der Waals surface area (Å²) in [7, 11) is 1.71. The van der Waals surface area contributed by atoms with Crippen molar-refractivity contribution in [1.82, 2.24) is 9.80 Å². The lowest BCUT2D eigenvalue weighted by atomic mass is 9.78. The second-order valence-electron chi connectivity index (χ2n) is 6.61. The minimum atomic E-state index is -0.418. The molecule has 1 aromatic rings. The largest absolute Gasteiger partial charge is 0.383 e. The molecule has 3 rings (SSSR count). The fourth-order valence-corrected chi connectivity index (χ4v) is 3.67. The molecule has 2 aliphatic rings. The molecule has 2 saturated heterocycles. The zero-order valence-corrected chi connectivity index (χ0v) is 13.3. The molecule has 0 atom stereocenters. The Labute approximate surface area is 130 Å². The maximum absolute atomic E-state index is 13.9. The maximum atomic E-state index is 13.9. The van der Waals surface area contributed by atoms with Gasteiger partial charge in [-0.25, -0.2) is 4.39 Å². The number of likely N-dealkylation sites (tertiary alicyclic amines) is 2. The first-order chi connectivity index (χ1) is 10.5. The highest BCUT2D eigenvalue weighted by Gasteiger charge is 2.49. The molecule has 2 aliphatic heterocycles. The monoisotopic (exact) mass is 306 g/mol. The number of methoxy groups -OCH3 is 1. The number of halogens is 1. The van der Waals surface area contributed by atoms with E-state index in [-0.39, 0.29) is 16.9 Å². The standard InChI is InChI=1S/C17H23FN2O2/c1-13-4-3-5-14(18)15(13)16(21)20-11-17(12-20)6-7-19(10-17)8-9-22-2/h3-5H,6-12H2,1-2H3. The summed E-state index contributed by atoms with van der Waals surface area (Å²) in [5, 5.41) is 0. The Morgan fingerprint density at radius 1 is 1.36 bits per heavy atom. The Bertz CT molecular complexity index is 550. The number of nitrogens with zero attached hydrogens (tertiary/aromatic N) is 2. The van der Waals surface area contributed by atoms with Gasteiger partial charge >= 0.3 is 0 Å². The molecule has 0 aromatic heterocycles. The topological polar surface area (TPSA) is 32.8 Å². The molecule has 1 amide bonds. The summed E-state index contributed by atoms with van der Waals surface area (Å²) in [6.07, 6.45) is 1.11. The van der Waals surface area contributed by atoms with E-state index >= 15 is 0 Å². The lowest BCUT2D eigenvalue weighted by Gasteiger charge is -2.48. The van der Waals surface area contributed by atoms with Gasteiger partial charge in [-0.15, -0.1) is 0 Å². The molecule has 4 nitrogen and oxygen atoms in total. The second-order valence-corrected chi connectivity index (χ2v) is 6.61. The quantitative estimate of drug-likeness (QED) is 0.852. The molecule has 1 spiro atoms. The third-order valence-corrected chi connectivity index (χ3v) is 4.90. The van der Waals surface area contributed by atoms with Crippen LogP contribution in [0.25, 0.3) is 0 Å². The van der Waals surface area contributed by atoms with Crippen LogP contribution in [0.5, 0.6) is 0 Å². The van der Waals surface area contributed by atoms with Gasteiger partial charge in [0.2, 0.25) is 0 Å². The first kappa shape index (κ1) is 15.4. The Morgan fingerprint density at radius 3 is 2.82 bits per heavy atom. The third kappa shape index (κ3) is 2.75. The summed E-state index contributed by atoms with van der Waals surface area (Å²) in [6, 6.07) is 4.79. The number of rotatable bonds is 4. The van der Waals surface area contributed by atoms with Crippen LogP contribution in [0.3, 0.4) is 0 Å². The van der Waals surface area contributed by atoms with E-state index < -0.39 is 5.82 Å². The van der Waals surface area contributed by atoms with Gasteiger partial charge in [-0.2, -0.15) is 0 Å². The Morgan fingerprint density at radius 2 is 2.14 bits per heavy atom. The molecule has 120 valence electrons. The van der Waals surface area contributed by atoms with Crippen LogP contribution in [0.4, 0.5) is 4.39 Å². The van der Waals surface area contributed by atoms with Crippen LogP contribution in [0.1, 0.15) is 22.3 Å². The molecule has 5 heteroatoms. The van der Waals surface area contributed by atoms with Crippen molar-refractivity contribution < 1.29 is 13.9 Å². The van der Waals surface area contributed by atoms with Crippen LogP contribution in [0.15, 0.2) is 18.2 Å². The molecule has 0 saturated carbocycles. The smallest absolute Gasteiger partial charge is 0.257 e. The Hall–Kier alpha value is -1.46. The first-order valence-corrected chi connectivity index (χ1v) is 7.80. The zero-order valence-electron chi connectivity index (χ0n) is 13.3. The summed E-state index contributed by atoms with van der Waals surface area (Å²) in [5.74, 6) is -0.587. The van der Waals surface area contributed by atoms with E-state index in [0.717, 1.165) is 45.8 Å². The third-order valence-electron chi connectivity index (χ3n) is 4.90. The van der Waals surface area contributed by atoms with Crippen molar-refractivity contribution in [2.45, 2.75) is 13.3 Å². The van der Waals surface area contributed by atoms with Crippen LogP contribution < -0.4 is 0 Å². The van der Waals surface area contributed by atoms with E-state index in [9.17, 15) is 9.18 Å². The highest BCUT2D eigenvalue weighted by atomic mass is 19.1. The first-order valence-electron chi connectivity index (χ1n) is 7.80. The number of benzene rings is 1. The highest BCUT2D eigenvalue weighted by molar-refractivity contribution is 5.96. The van der Waals surface area contributed by atoms with Gasteiger partial charge in [0.1, 0.15) is 5.82 Å². The second kappa shape index (κ2) is 5.97. The van der Waals surface area contributed by atoms with Crippen LogP contribution in [-0.2, 0) is 4.74 Å². The predicted octanol–water partition coefficient (Wildman–Crippen LogP) is 1.93. The summed E-state index contributed by atoms with van der Waals surface area (Å²) in [5.41, 5.74) is 1.15. The molecule has 1 aromatic carbocycles. The van der Waals surface area contributed by atoms with Crippen LogP contribution in [0.2, 0.25) is 0 Å². The van der Waals surface area contributed by atoms with Crippen molar-refractivity contribution >= 4 is 5.91 Å². The Kier molecular flexibility index (Phi) is 4.19. The van der Waals surface area contributed by atoms with Gasteiger partial charge in [-0.3, -0.25) is 4.79 Å². The molecule has 0 N–H and O–H groups in total. The maximum Gasteiger partial charge on any atom is 0.257 e. The van der Waals surface area contributed by atoms with Gasteiger partial charge in [0, 0.05) is 38.7 Å². The molecule has 2 heterocycles. The Balaban J connectivity index is 1.61. The van der Waals surface area contributed by atoms with E-state index in [2.05, 4.69) is 4.90 Å². The van der Waals surface area contributed by atoms with Crippen molar-refractivity contribution in [3.8, 4) is 0 Å². The number of hydrogen-bond donors (Lipinski definition) is 0. The number of aryl methyl sites for hydroxylation is 1. The number of ether oxygens (including phenoxy) is 1. The SMILES string of the molecule is COCCN1CCC2(C1)CN(C(=O)c1c(C)cccc1F)C2. The summed E-state index contributed by atoms with van der Waals surface area (Å²) >= 11 is 0. The van der Waals surface area contributed by atoms with E-state index in [0.29, 0.717) is 5.56 Å². The number of hydrogen-bond acceptors (Lipinski definition) is 3. The molecule has 22 heavy (non-hydrogen) atoms. The van der Waals surface area contributed by atoms with Crippen molar-refractivity contribution in [2.24, 2.45) is 5.41 Å². The molecular weight excluding hydrogens is 283 g/mol. The summed E-state index contributed by atoms with van der Waals surface area (Å²) in [4.78, 5) is 16.7. The van der Waals surface area contributed by atoms with Crippen LogP contribution >= 0.6 is 0 Å². The van der Waals surface area contributed by atoms with E-state index in [4.69, 9.17) is 4.74 Å². The van der Waals surface area contributed by atoms with Crippen molar-refractivity contribution in [2.75, 3.05) is 46.4 Å². The van der Waals surface area contributed by atoms with Crippen LogP contribution in [0, 0.1) is 18.2 Å². The van der Waals surface area contributed by atoms with Gasteiger partial charge < -0.3 is 14.5 Å². The van der Waals surface area contributed by atoms with E-state index in [1.807, 2.05) is 0 Å². The van der Waals surface area contributed by atoms with E-state index in [1.165, 1.54) is 6.07 Å². The average Bonchev–Trinajstić information content (AvgIpc) is 2.87. The average molecular weight is 306 g/mol. The molecule has 0 aliphatic carbocycles. The van der Waals surface area contributed by atoms with Gasteiger partial charge in [0.15, 0.2) is 0 Å². The lowest BCUT2D eigenvalue weighted by Crippen LogP contribution is -2.59. The van der Waals surface area contributed by atoms with Gasteiger partial charge in [-0.1, -0.05) is 12.1 Å². The van der Waals surface area contributed by atoms with Gasteiger partial charge in [0.25, 0.3) is 5.91 Å². The number of carbonyl (C=O) groups excluding carboxylic acids is 1. The minimum absolute atomic E-state index is 0.170. The molecule has 0 radical (unpaired) electrons. The molecule has 2 fully saturated rings. The summed E-state index contributed by atoms with van der Waals surface area (Å²) < 4.78 is 19.0. The van der Waals surface area contributed by atoms with Crippen molar-refractivity contribution in [3.05, 3.63) is 35.1 Å². The van der Waals surface area contributed by atoms with Crippen molar-refractivity contribution in [3.63, 3.8) is 0 Å². The van der Waals surface area contributed by atoms with Crippen LogP contribution in [-0.4, -0.2) is 62.1 Å². The summed E-state index contributed by atoms with van der Waals surface area (Å²) in [6.45, 7) is 7.02. The lowest BCUT2D eigenvalue weighted by molar-refractivity contribution is 0.00928. The zero-order chi connectivity index (χ0) is 15.7.